The number of hydrogen-bond donors (Lipinski definition) is 1. The van der Waals surface area contributed by atoms with Crippen molar-refractivity contribution in [3.63, 3.8) is 0 Å². The van der Waals surface area contributed by atoms with E-state index in [1.165, 1.54) is 12.8 Å². The standard InChI is InChI=1S/C14H26N2OS/c1-3-11(4-2)14(17)16(10-9-13(15)18)12-7-5-6-8-12/h11-12H,3-10H2,1-2H3,(H2,15,18). The summed E-state index contributed by atoms with van der Waals surface area (Å²) in [4.78, 5) is 15.1. The first kappa shape index (κ1) is 15.4. The number of carbonyl (C=O) groups is 1. The zero-order valence-electron chi connectivity index (χ0n) is 11.7. The molecule has 2 N–H and O–H groups in total. The summed E-state index contributed by atoms with van der Waals surface area (Å²) in [5.41, 5.74) is 5.57. The molecule has 1 rings (SSSR count). The van der Waals surface area contributed by atoms with Crippen molar-refractivity contribution < 1.29 is 4.79 Å². The Morgan fingerprint density at radius 2 is 1.89 bits per heavy atom. The van der Waals surface area contributed by atoms with Gasteiger partial charge in [0.05, 0.1) is 4.99 Å². The molecule has 3 nitrogen and oxygen atoms in total. The molecule has 0 bridgehead atoms. The van der Waals surface area contributed by atoms with Crippen LogP contribution in [0, 0.1) is 5.92 Å². The molecular formula is C14H26N2OS. The van der Waals surface area contributed by atoms with Crippen LogP contribution in [0.4, 0.5) is 0 Å². The Morgan fingerprint density at radius 1 is 1.33 bits per heavy atom. The lowest BCUT2D eigenvalue weighted by Crippen LogP contribution is -2.43. The van der Waals surface area contributed by atoms with Gasteiger partial charge >= 0.3 is 0 Å². The highest BCUT2D eigenvalue weighted by Gasteiger charge is 2.29. The smallest absolute Gasteiger partial charge is 0.225 e. The highest BCUT2D eigenvalue weighted by atomic mass is 32.1. The largest absolute Gasteiger partial charge is 0.393 e. The van der Waals surface area contributed by atoms with Crippen molar-refractivity contribution in [2.75, 3.05) is 6.54 Å². The third-order valence-electron chi connectivity index (χ3n) is 3.98. The van der Waals surface area contributed by atoms with Crippen LogP contribution >= 0.6 is 12.2 Å². The molecule has 0 heterocycles. The Kier molecular flexibility index (Phi) is 6.61. The van der Waals surface area contributed by atoms with Crippen molar-refractivity contribution in [3.8, 4) is 0 Å². The Labute approximate surface area is 116 Å². The minimum Gasteiger partial charge on any atom is -0.393 e. The van der Waals surface area contributed by atoms with Crippen molar-refractivity contribution in [3.05, 3.63) is 0 Å². The fourth-order valence-electron chi connectivity index (χ4n) is 2.79. The molecule has 0 radical (unpaired) electrons. The summed E-state index contributed by atoms with van der Waals surface area (Å²) in [5, 5.41) is 0. The molecule has 1 aliphatic carbocycles. The SMILES string of the molecule is CCC(CC)C(=O)N(CCC(N)=S)C1CCCC1. The van der Waals surface area contributed by atoms with Crippen LogP contribution in [-0.2, 0) is 4.79 Å². The highest BCUT2D eigenvalue weighted by molar-refractivity contribution is 7.80. The summed E-state index contributed by atoms with van der Waals surface area (Å²) in [7, 11) is 0. The molecule has 0 atom stereocenters. The third-order valence-corrected chi connectivity index (χ3v) is 4.19. The molecule has 0 spiro atoms. The first-order valence-electron chi connectivity index (χ1n) is 7.18. The van der Waals surface area contributed by atoms with E-state index in [2.05, 4.69) is 18.7 Å². The molecule has 1 aliphatic rings. The number of hydrogen-bond acceptors (Lipinski definition) is 2. The van der Waals surface area contributed by atoms with E-state index >= 15 is 0 Å². The van der Waals surface area contributed by atoms with E-state index in [0.717, 1.165) is 25.7 Å². The molecule has 104 valence electrons. The zero-order chi connectivity index (χ0) is 13.5. The fraction of sp³-hybridized carbons (Fsp3) is 0.857. The maximum Gasteiger partial charge on any atom is 0.225 e. The van der Waals surface area contributed by atoms with Gasteiger partial charge in [-0.1, -0.05) is 38.9 Å². The van der Waals surface area contributed by atoms with E-state index in [1.807, 2.05) is 0 Å². The van der Waals surface area contributed by atoms with Crippen molar-refractivity contribution in [1.82, 2.24) is 4.90 Å². The van der Waals surface area contributed by atoms with Crippen LogP contribution in [0.25, 0.3) is 0 Å². The van der Waals surface area contributed by atoms with Gasteiger partial charge in [0.1, 0.15) is 0 Å². The number of amides is 1. The second-order valence-corrected chi connectivity index (χ2v) is 5.72. The van der Waals surface area contributed by atoms with Crippen LogP contribution in [0.2, 0.25) is 0 Å². The molecule has 1 amide bonds. The summed E-state index contributed by atoms with van der Waals surface area (Å²) < 4.78 is 0. The molecule has 4 heteroatoms. The molecule has 1 saturated carbocycles. The Balaban J connectivity index is 2.68. The van der Waals surface area contributed by atoms with Gasteiger partial charge < -0.3 is 10.6 Å². The summed E-state index contributed by atoms with van der Waals surface area (Å²) in [6.07, 6.45) is 7.26. The van der Waals surface area contributed by atoms with Crippen molar-refractivity contribution >= 4 is 23.1 Å². The summed E-state index contributed by atoms with van der Waals surface area (Å²) in [6.45, 7) is 4.88. The molecular weight excluding hydrogens is 244 g/mol. The van der Waals surface area contributed by atoms with Crippen LogP contribution in [-0.4, -0.2) is 28.4 Å². The average molecular weight is 270 g/mol. The second-order valence-electron chi connectivity index (χ2n) is 5.20. The number of nitrogens with zero attached hydrogens (tertiary/aromatic N) is 1. The predicted molar refractivity (Wildman–Crippen MR) is 79.4 cm³/mol. The second kappa shape index (κ2) is 7.72. The maximum atomic E-state index is 12.5. The maximum absolute atomic E-state index is 12.5. The molecule has 1 fully saturated rings. The summed E-state index contributed by atoms with van der Waals surface area (Å²) in [6, 6.07) is 0.424. The van der Waals surface area contributed by atoms with Gasteiger partial charge in [-0.2, -0.15) is 0 Å². The van der Waals surface area contributed by atoms with Gasteiger partial charge in [0.15, 0.2) is 0 Å². The Bertz CT molecular complexity index is 284. The molecule has 18 heavy (non-hydrogen) atoms. The topological polar surface area (TPSA) is 46.3 Å². The van der Waals surface area contributed by atoms with Crippen molar-refractivity contribution in [2.45, 2.75) is 64.8 Å². The van der Waals surface area contributed by atoms with Gasteiger partial charge in [-0.15, -0.1) is 0 Å². The monoisotopic (exact) mass is 270 g/mol. The summed E-state index contributed by atoms with van der Waals surface area (Å²) in [5.74, 6) is 0.472. The van der Waals surface area contributed by atoms with E-state index < -0.39 is 0 Å². The average Bonchev–Trinajstić information content (AvgIpc) is 2.84. The lowest BCUT2D eigenvalue weighted by molar-refractivity contribution is -0.138. The molecule has 0 aliphatic heterocycles. The Hall–Kier alpha value is -0.640. The van der Waals surface area contributed by atoms with E-state index in [9.17, 15) is 4.79 Å². The van der Waals surface area contributed by atoms with Crippen LogP contribution in [0.3, 0.4) is 0 Å². The van der Waals surface area contributed by atoms with Crippen molar-refractivity contribution in [2.24, 2.45) is 11.7 Å². The van der Waals surface area contributed by atoms with Crippen LogP contribution < -0.4 is 5.73 Å². The molecule has 0 unspecified atom stereocenters. The van der Waals surface area contributed by atoms with Gasteiger partial charge in [-0.3, -0.25) is 4.79 Å². The normalized spacial score (nSPS) is 16.2. The lowest BCUT2D eigenvalue weighted by atomic mass is 10.00. The van der Waals surface area contributed by atoms with E-state index in [4.69, 9.17) is 18.0 Å². The van der Waals surface area contributed by atoms with E-state index in [0.29, 0.717) is 29.9 Å². The van der Waals surface area contributed by atoms with Gasteiger partial charge in [0.25, 0.3) is 0 Å². The molecule has 0 saturated heterocycles. The van der Waals surface area contributed by atoms with E-state index in [1.54, 1.807) is 0 Å². The third kappa shape index (κ3) is 4.23. The summed E-state index contributed by atoms with van der Waals surface area (Å²) >= 11 is 4.94. The fourth-order valence-corrected chi connectivity index (χ4v) is 2.88. The minimum absolute atomic E-state index is 0.164. The van der Waals surface area contributed by atoms with Gasteiger partial charge in [-0.05, 0) is 25.7 Å². The van der Waals surface area contributed by atoms with Gasteiger partial charge in [-0.25, -0.2) is 0 Å². The van der Waals surface area contributed by atoms with E-state index in [-0.39, 0.29) is 5.92 Å². The number of thiocarbonyl (C=S) groups is 1. The molecule has 0 aromatic carbocycles. The van der Waals surface area contributed by atoms with Crippen LogP contribution in [0.1, 0.15) is 58.8 Å². The quantitative estimate of drug-likeness (QED) is 0.724. The molecule has 0 aromatic heterocycles. The minimum atomic E-state index is 0.164. The highest BCUT2D eigenvalue weighted by Crippen LogP contribution is 2.26. The van der Waals surface area contributed by atoms with Gasteiger partial charge in [0.2, 0.25) is 5.91 Å². The van der Waals surface area contributed by atoms with Crippen molar-refractivity contribution in [1.29, 1.82) is 0 Å². The first-order valence-corrected chi connectivity index (χ1v) is 7.59. The number of carbonyl (C=O) groups excluding carboxylic acids is 1. The van der Waals surface area contributed by atoms with Gasteiger partial charge in [0, 0.05) is 24.9 Å². The molecule has 0 aromatic rings. The number of nitrogens with two attached hydrogens (primary N) is 1. The van der Waals surface area contributed by atoms with Crippen LogP contribution in [0.15, 0.2) is 0 Å². The first-order chi connectivity index (χ1) is 8.60. The lowest BCUT2D eigenvalue weighted by Gasteiger charge is -2.32. The zero-order valence-corrected chi connectivity index (χ0v) is 12.5. The number of rotatable bonds is 7. The van der Waals surface area contributed by atoms with Crippen LogP contribution in [0.5, 0.6) is 0 Å². The predicted octanol–water partition coefficient (Wildman–Crippen LogP) is 2.87. The Morgan fingerprint density at radius 3 is 2.33 bits per heavy atom.